The van der Waals surface area contributed by atoms with Crippen molar-refractivity contribution >= 4 is 27.8 Å². The summed E-state index contributed by atoms with van der Waals surface area (Å²) in [6, 6.07) is 3.56. The van der Waals surface area contributed by atoms with Gasteiger partial charge in [0, 0.05) is 0 Å². The molecule has 1 rings (SSSR count). The molecule has 0 bridgehead atoms. The third-order valence-electron chi connectivity index (χ3n) is 2.81. The molecule has 2 N–H and O–H groups in total. The van der Waals surface area contributed by atoms with Gasteiger partial charge in [-0.3, -0.25) is 4.79 Å². The summed E-state index contributed by atoms with van der Waals surface area (Å²) in [6.07, 6.45) is 2.04. The normalized spacial score (nSPS) is 12.9. The number of aliphatic carboxylic acids is 1. The van der Waals surface area contributed by atoms with E-state index in [-0.39, 0.29) is 17.1 Å². The van der Waals surface area contributed by atoms with Gasteiger partial charge in [-0.2, -0.15) is 16.5 Å². The molecule has 1 aromatic carbocycles. The Bertz CT molecular complexity index is 601. The summed E-state index contributed by atoms with van der Waals surface area (Å²) in [4.78, 5) is 11.1. The number of sulfonamides is 1. The smallest absolute Gasteiger partial charge is 0.321 e. The Hall–Kier alpha value is -1.25. The van der Waals surface area contributed by atoms with Gasteiger partial charge in [-0.05, 0) is 43.0 Å². The molecule has 8 heteroatoms. The van der Waals surface area contributed by atoms with Crippen LogP contribution >= 0.6 is 11.8 Å². The average Bonchev–Trinajstić information content (AvgIpc) is 2.43. The molecule has 0 fully saturated rings. The summed E-state index contributed by atoms with van der Waals surface area (Å²) >= 11 is 1.46. The van der Waals surface area contributed by atoms with Gasteiger partial charge >= 0.3 is 5.97 Å². The van der Waals surface area contributed by atoms with E-state index in [2.05, 4.69) is 4.72 Å². The Morgan fingerprint density at radius 1 is 1.48 bits per heavy atom. The standard InChI is InChI=1S/C13H19NO5S2/c1-9-4-5-11(19-2)12(8-9)21(17,18)14-10(13(15)16)6-7-20-3/h4-5,8,10,14H,6-7H2,1-3H3,(H,15,16). The van der Waals surface area contributed by atoms with Gasteiger partial charge in [0.15, 0.2) is 0 Å². The topological polar surface area (TPSA) is 92.7 Å². The fourth-order valence-corrected chi connectivity index (χ4v) is 3.66. The Kier molecular flexibility index (Phi) is 6.50. The summed E-state index contributed by atoms with van der Waals surface area (Å²) in [7, 11) is -2.60. The zero-order chi connectivity index (χ0) is 16.0. The van der Waals surface area contributed by atoms with Gasteiger partial charge < -0.3 is 9.84 Å². The van der Waals surface area contributed by atoms with Crippen molar-refractivity contribution in [3.63, 3.8) is 0 Å². The van der Waals surface area contributed by atoms with Crippen molar-refractivity contribution in [2.75, 3.05) is 19.1 Å². The van der Waals surface area contributed by atoms with E-state index in [0.717, 1.165) is 5.56 Å². The number of carboxylic acid groups (broad SMARTS) is 1. The Morgan fingerprint density at radius 2 is 2.14 bits per heavy atom. The van der Waals surface area contributed by atoms with Gasteiger partial charge in [-0.25, -0.2) is 8.42 Å². The van der Waals surface area contributed by atoms with Gasteiger partial charge in [0.05, 0.1) is 7.11 Å². The fraction of sp³-hybridized carbons (Fsp3) is 0.462. The average molecular weight is 333 g/mol. The van der Waals surface area contributed by atoms with Crippen LogP contribution in [0.25, 0.3) is 0 Å². The maximum Gasteiger partial charge on any atom is 0.321 e. The highest BCUT2D eigenvalue weighted by Gasteiger charge is 2.27. The second kappa shape index (κ2) is 7.67. The molecule has 0 aliphatic carbocycles. The van der Waals surface area contributed by atoms with E-state index in [1.807, 2.05) is 6.26 Å². The van der Waals surface area contributed by atoms with E-state index in [4.69, 9.17) is 9.84 Å². The first-order valence-corrected chi connectivity index (χ1v) is 9.08. The highest BCUT2D eigenvalue weighted by molar-refractivity contribution is 7.98. The first-order valence-electron chi connectivity index (χ1n) is 6.20. The van der Waals surface area contributed by atoms with Crippen LogP contribution in [-0.2, 0) is 14.8 Å². The molecule has 1 atom stereocenters. The summed E-state index contributed by atoms with van der Waals surface area (Å²) in [5, 5.41) is 9.12. The van der Waals surface area contributed by atoms with E-state index in [1.165, 1.54) is 24.9 Å². The second-order valence-electron chi connectivity index (χ2n) is 4.45. The maximum absolute atomic E-state index is 12.4. The number of thioether (sulfide) groups is 1. The molecule has 0 spiro atoms. The lowest BCUT2D eigenvalue weighted by Gasteiger charge is -2.16. The van der Waals surface area contributed by atoms with Crippen molar-refractivity contribution in [2.24, 2.45) is 0 Å². The number of carboxylic acids is 1. The van der Waals surface area contributed by atoms with Crippen LogP contribution < -0.4 is 9.46 Å². The molecule has 21 heavy (non-hydrogen) atoms. The molecule has 0 radical (unpaired) electrons. The second-order valence-corrected chi connectivity index (χ2v) is 7.12. The van der Waals surface area contributed by atoms with Crippen LogP contribution in [0, 0.1) is 6.92 Å². The molecule has 0 aromatic heterocycles. The van der Waals surface area contributed by atoms with Crippen LogP contribution in [0.2, 0.25) is 0 Å². The maximum atomic E-state index is 12.4. The minimum Gasteiger partial charge on any atom is -0.495 e. The van der Waals surface area contributed by atoms with Gasteiger partial charge in [0.25, 0.3) is 0 Å². The van der Waals surface area contributed by atoms with E-state index in [9.17, 15) is 13.2 Å². The zero-order valence-corrected chi connectivity index (χ0v) is 13.8. The lowest BCUT2D eigenvalue weighted by atomic mass is 10.2. The molecule has 0 amide bonds. The first kappa shape index (κ1) is 17.8. The Labute approximate surface area is 128 Å². The van der Waals surface area contributed by atoms with Gasteiger partial charge in [0.2, 0.25) is 10.0 Å². The van der Waals surface area contributed by atoms with Crippen molar-refractivity contribution in [3.8, 4) is 5.75 Å². The number of ether oxygens (including phenoxy) is 1. The monoisotopic (exact) mass is 333 g/mol. The summed E-state index contributed by atoms with van der Waals surface area (Å²) in [5.74, 6) is -0.467. The van der Waals surface area contributed by atoms with Crippen LogP contribution in [0.1, 0.15) is 12.0 Å². The Balaban J connectivity index is 3.09. The number of benzene rings is 1. The molecule has 1 aromatic rings. The van der Waals surface area contributed by atoms with Crippen molar-refractivity contribution in [1.82, 2.24) is 4.72 Å². The quantitative estimate of drug-likeness (QED) is 0.749. The van der Waals surface area contributed by atoms with Crippen LogP contribution in [-0.4, -0.2) is 44.7 Å². The predicted octanol–water partition coefficient (Wildman–Crippen LogP) is 1.49. The molecule has 0 aliphatic rings. The van der Waals surface area contributed by atoms with E-state index in [0.29, 0.717) is 5.75 Å². The molecular weight excluding hydrogens is 314 g/mol. The van der Waals surface area contributed by atoms with Crippen LogP contribution in [0.5, 0.6) is 5.75 Å². The molecule has 0 heterocycles. The SMILES string of the molecule is COc1ccc(C)cc1S(=O)(=O)NC(CCSC)C(=O)O. The Morgan fingerprint density at radius 3 is 2.67 bits per heavy atom. The number of hydrogen-bond acceptors (Lipinski definition) is 5. The zero-order valence-electron chi connectivity index (χ0n) is 12.1. The molecule has 118 valence electrons. The first-order chi connectivity index (χ1) is 9.81. The van der Waals surface area contributed by atoms with Gasteiger partial charge in [-0.1, -0.05) is 6.07 Å². The third-order valence-corrected chi connectivity index (χ3v) is 4.95. The summed E-state index contributed by atoms with van der Waals surface area (Å²) < 4.78 is 32.0. The number of rotatable bonds is 8. The number of hydrogen-bond donors (Lipinski definition) is 2. The van der Waals surface area contributed by atoms with Crippen molar-refractivity contribution in [3.05, 3.63) is 23.8 Å². The molecule has 0 saturated heterocycles. The van der Waals surface area contributed by atoms with E-state index in [1.54, 1.807) is 19.1 Å². The third kappa shape index (κ3) is 4.90. The largest absolute Gasteiger partial charge is 0.495 e. The minimum atomic E-state index is -3.97. The van der Waals surface area contributed by atoms with Crippen LogP contribution in [0.4, 0.5) is 0 Å². The fourth-order valence-electron chi connectivity index (χ4n) is 1.71. The lowest BCUT2D eigenvalue weighted by Crippen LogP contribution is -2.41. The molecule has 6 nitrogen and oxygen atoms in total. The van der Waals surface area contributed by atoms with Crippen molar-refractivity contribution in [1.29, 1.82) is 0 Å². The number of methoxy groups -OCH3 is 1. The van der Waals surface area contributed by atoms with E-state index >= 15 is 0 Å². The van der Waals surface area contributed by atoms with E-state index < -0.39 is 22.0 Å². The highest BCUT2D eigenvalue weighted by atomic mass is 32.2. The number of nitrogens with one attached hydrogen (secondary N) is 1. The van der Waals surface area contributed by atoms with Crippen molar-refractivity contribution in [2.45, 2.75) is 24.3 Å². The summed E-state index contributed by atoms with van der Waals surface area (Å²) in [6.45, 7) is 1.75. The number of aryl methyl sites for hydroxylation is 1. The van der Waals surface area contributed by atoms with Gasteiger partial charge in [0.1, 0.15) is 16.7 Å². The molecule has 0 saturated carbocycles. The van der Waals surface area contributed by atoms with Gasteiger partial charge in [-0.15, -0.1) is 0 Å². The minimum absolute atomic E-state index is 0.0552. The van der Waals surface area contributed by atoms with Crippen LogP contribution in [0.15, 0.2) is 23.1 Å². The van der Waals surface area contributed by atoms with Crippen LogP contribution in [0.3, 0.4) is 0 Å². The van der Waals surface area contributed by atoms with Crippen molar-refractivity contribution < 1.29 is 23.1 Å². The number of carbonyl (C=O) groups is 1. The lowest BCUT2D eigenvalue weighted by molar-refractivity contribution is -0.139. The highest BCUT2D eigenvalue weighted by Crippen LogP contribution is 2.25. The summed E-state index contributed by atoms with van der Waals surface area (Å²) in [5.41, 5.74) is 0.743. The molecular formula is C13H19NO5S2. The predicted molar refractivity (Wildman–Crippen MR) is 82.5 cm³/mol. The molecule has 0 aliphatic heterocycles. The molecule has 1 unspecified atom stereocenters.